The summed E-state index contributed by atoms with van der Waals surface area (Å²) >= 11 is 0. The number of rotatable bonds is 23. The van der Waals surface area contributed by atoms with Crippen LogP contribution in [0.3, 0.4) is 0 Å². The molecule has 4 heterocycles. The number of esters is 1. The van der Waals surface area contributed by atoms with Gasteiger partial charge in [-0.3, -0.25) is 33.4 Å². The number of carboxylic acid groups (broad SMARTS) is 1. The SMILES string of the molecule is CCCCC/C=C\C/C=C\CCCCCC(=O)OC1CN(C)C(CC(O[C@@H]2O[C@H](CN)[C@@H](O)[C@H]2OS(=O)(=O)O)[C@H]2O[C@@H](n3ccc(=O)[nH]c3=O)[C@H](O)[C@@H]2O)C(=O)N(C)C1C(=O)O. The molecule has 3 saturated heterocycles. The largest absolute Gasteiger partial charge is 0.480 e. The number of carboxylic acids is 1. The molecule has 0 aromatic carbocycles. The van der Waals surface area contributed by atoms with Crippen molar-refractivity contribution in [2.45, 2.75) is 151 Å². The highest BCUT2D eigenvalue weighted by Gasteiger charge is 2.54. The fourth-order valence-corrected chi connectivity index (χ4v) is 8.23. The Hall–Kier alpha value is -3.88. The third-order valence-electron chi connectivity index (χ3n) is 11.1. The van der Waals surface area contributed by atoms with Gasteiger partial charge < -0.3 is 50.0 Å². The molecule has 4 unspecified atom stereocenters. The number of ether oxygens (including phenoxy) is 4. The summed E-state index contributed by atoms with van der Waals surface area (Å²) in [5.74, 6) is -2.97. The van der Waals surface area contributed by atoms with Gasteiger partial charge in [0.15, 0.2) is 24.7 Å². The topological polar surface area (TPSA) is 320 Å². The number of amides is 1. The van der Waals surface area contributed by atoms with Gasteiger partial charge in [-0.2, -0.15) is 8.42 Å². The van der Waals surface area contributed by atoms with Crippen LogP contribution in [0.1, 0.15) is 83.8 Å². The first kappa shape index (κ1) is 50.8. The molecule has 0 spiro atoms. The van der Waals surface area contributed by atoms with Gasteiger partial charge in [-0.1, -0.05) is 50.5 Å². The van der Waals surface area contributed by atoms with Crippen molar-refractivity contribution in [1.82, 2.24) is 19.4 Å². The van der Waals surface area contributed by atoms with Crippen LogP contribution in [0, 0.1) is 0 Å². The van der Waals surface area contributed by atoms with Crippen LogP contribution in [0.25, 0.3) is 0 Å². The number of nitrogens with one attached hydrogen (secondary N) is 1. The Kier molecular flexibility index (Phi) is 19.4. The van der Waals surface area contributed by atoms with E-state index < -0.39 is 126 Å². The molecule has 8 N–H and O–H groups in total. The number of allylic oxidation sites excluding steroid dienone is 4. The lowest BCUT2D eigenvalue weighted by Crippen LogP contribution is -2.53. The summed E-state index contributed by atoms with van der Waals surface area (Å²) < 4.78 is 61.8. The molecule has 0 aliphatic carbocycles. The zero-order chi connectivity index (χ0) is 45.7. The van der Waals surface area contributed by atoms with Gasteiger partial charge >= 0.3 is 28.0 Å². The van der Waals surface area contributed by atoms with Gasteiger partial charge in [0.25, 0.3) is 5.56 Å². The third-order valence-corrected chi connectivity index (χ3v) is 11.5. The van der Waals surface area contributed by atoms with E-state index in [1.165, 1.54) is 38.3 Å². The molecule has 62 heavy (non-hydrogen) atoms. The number of unbranched alkanes of at least 4 members (excludes halogenated alkanes) is 6. The molecule has 0 radical (unpaired) electrons. The van der Waals surface area contributed by atoms with E-state index in [0.717, 1.165) is 47.4 Å². The van der Waals surface area contributed by atoms with Crippen LogP contribution in [0.15, 0.2) is 46.2 Å². The average molecular weight is 904 g/mol. The lowest BCUT2D eigenvalue weighted by molar-refractivity contribution is -0.221. The first-order valence-corrected chi connectivity index (χ1v) is 22.1. The van der Waals surface area contributed by atoms with Crippen LogP contribution in [0.4, 0.5) is 0 Å². The third kappa shape index (κ3) is 13.8. The van der Waals surface area contributed by atoms with Crippen molar-refractivity contribution >= 4 is 28.2 Å². The second-order valence-electron chi connectivity index (χ2n) is 15.6. The fourth-order valence-electron chi connectivity index (χ4n) is 7.74. The van der Waals surface area contributed by atoms with E-state index in [4.69, 9.17) is 24.7 Å². The number of likely N-dealkylation sites (N-methyl/N-ethyl adjacent to an activating group) is 2. The van der Waals surface area contributed by atoms with Gasteiger partial charge in [-0.25, -0.2) is 13.8 Å². The average Bonchev–Trinajstić information content (AvgIpc) is 3.63. The van der Waals surface area contributed by atoms with Crippen molar-refractivity contribution in [3.05, 3.63) is 57.4 Å². The predicted octanol–water partition coefficient (Wildman–Crippen LogP) is -0.666. The number of carbonyl (C=O) groups is 3. The lowest BCUT2D eigenvalue weighted by atomic mass is 9.97. The number of aliphatic carboxylic acids is 1. The minimum atomic E-state index is -5.26. The Morgan fingerprint density at radius 1 is 0.984 bits per heavy atom. The summed E-state index contributed by atoms with van der Waals surface area (Å²) in [4.78, 5) is 68.5. The van der Waals surface area contributed by atoms with Crippen molar-refractivity contribution in [2.75, 3.05) is 27.2 Å². The monoisotopic (exact) mass is 903 g/mol. The summed E-state index contributed by atoms with van der Waals surface area (Å²) in [7, 11) is -2.63. The number of aromatic nitrogens is 2. The van der Waals surface area contributed by atoms with Crippen LogP contribution in [0.5, 0.6) is 0 Å². The first-order valence-electron chi connectivity index (χ1n) is 20.7. The molecule has 4 rings (SSSR count). The maximum absolute atomic E-state index is 14.2. The minimum absolute atomic E-state index is 0.00358. The Bertz CT molecular complexity index is 1930. The van der Waals surface area contributed by atoms with E-state index in [1.807, 2.05) is 4.98 Å². The molecule has 3 aliphatic heterocycles. The standard InChI is InChI=1S/C39H61N5O17S/c1-4-5-6-7-8-9-10-11-12-13-14-15-16-17-28(46)57-26-22-42(2)23(35(50)43(3)29(26)37(51)52)20-24(58-38-34(61-62(54,55)56)30(47)25(21-40)59-38)33-31(48)32(49)36(60-33)44-19-18-27(45)41-39(44)53/h8-9,11-12,18-19,23-26,29-34,36,38,47-49H,4-7,10,13-17,20-22,40H2,1-3H3,(H,51,52)(H,41,45,53)(H,54,55,56)/b9-8-,12-11-/t23?,24?,25-,26?,29?,30-,31+,32-,33-,34-,36-,38-/m1/s1. The molecule has 23 heteroatoms. The molecule has 350 valence electrons. The molecular weight excluding hydrogens is 843 g/mol. The molecule has 12 atom stereocenters. The van der Waals surface area contributed by atoms with Gasteiger partial charge in [0.05, 0.1) is 12.1 Å². The zero-order valence-corrected chi connectivity index (χ0v) is 35.9. The molecule has 22 nitrogen and oxygen atoms in total. The Morgan fingerprint density at radius 3 is 2.27 bits per heavy atom. The minimum Gasteiger partial charge on any atom is -0.480 e. The van der Waals surface area contributed by atoms with Gasteiger partial charge in [0, 0.05) is 45.2 Å². The number of hydrogen-bond acceptors (Lipinski definition) is 17. The van der Waals surface area contributed by atoms with Crippen LogP contribution < -0.4 is 17.0 Å². The van der Waals surface area contributed by atoms with E-state index >= 15 is 0 Å². The van der Waals surface area contributed by atoms with Gasteiger partial charge in [0.2, 0.25) is 5.91 Å². The molecule has 1 amide bonds. The molecular formula is C39H61N5O17S. The highest BCUT2D eigenvalue weighted by atomic mass is 32.3. The van der Waals surface area contributed by atoms with Crippen molar-refractivity contribution in [2.24, 2.45) is 5.73 Å². The number of nitrogens with two attached hydrogens (primary N) is 1. The van der Waals surface area contributed by atoms with E-state index in [0.29, 0.717) is 12.8 Å². The molecule has 1 aromatic heterocycles. The van der Waals surface area contributed by atoms with Crippen molar-refractivity contribution in [1.29, 1.82) is 0 Å². The molecule has 3 fully saturated rings. The fraction of sp³-hybridized carbons (Fsp3) is 0.718. The first-order chi connectivity index (χ1) is 29.4. The second kappa shape index (κ2) is 23.7. The summed E-state index contributed by atoms with van der Waals surface area (Å²) in [6.07, 6.45) is 0.222. The maximum Gasteiger partial charge on any atom is 0.397 e. The van der Waals surface area contributed by atoms with E-state index in [9.17, 15) is 57.4 Å². The number of hydrogen-bond donors (Lipinski definition) is 7. The normalized spacial score (nSPS) is 30.4. The summed E-state index contributed by atoms with van der Waals surface area (Å²) in [5, 5.41) is 43.5. The van der Waals surface area contributed by atoms with E-state index in [1.54, 1.807) is 0 Å². The van der Waals surface area contributed by atoms with Crippen LogP contribution >= 0.6 is 0 Å². The van der Waals surface area contributed by atoms with Crippen LogP contribution in [-0.2, 0) is 47.9 Å². The number of nitrogens with zero attached hydrogens (tertiary/aromatic N) is 3. The highest BCUT2D eigenvalue weighted by Crippen LogP contribution is 2.36. The second-order valence-corrected chi connectivity index (χ2v) is 16.7. The number of aliphatic hydroxyl groups is 3. The van der Waals surface area contributed by atoms with E-state index in [2.05, 4.69) is 35.4 Å². The summed E-state index contributed by atoms with van der Waals surface area (Å²) in [6, 6.07) is -2.06. The number of H-pyrrole nitrogens is 1. The Labute approximate surface area is 359 Å². The van der Waals surface area contributed by atoms with Crippen molar-refractivity contribution in [3.8, 4) is 0 Å². The Morgan fingerprint density at radius 2 is 1.66 bits per heavy atom. The molecule has 3 aliphatic rings. The predicted molar refractivity (Wildman–Crippen MR) is 217 cm³/mol. The van der Waals surface area contributed by atoms with Crippen molar-refractivity contribution < 1.29 is 70.9 Å². The zero-order valence-electron chi connectivity index (χ0n) is 35.0. The smallest absolute Gasteiger partial charge is 0.397 e. The van der Waals surface area contributed by atoms with Crippen molar-refractivity contribution in [3.63, 3.8) is 0 Å². The van der Waals surface area contributed by atoms with Gasteiger partial charge in [0.1, 0.15) is 36.6 Å². The number of carbonyl (C=O) groups excluding carboxylic acids is 2. The lowest BCUT2D eigenvalue weighted by Gasteiger charge is -2.34. The number of aliphatic hydroxyl groups excluding tert-OH is 3. The van der Waals surface area contributed by atoms with Crippen LogP contribution in [-0.4, -0.2) is 165 Å². The van der Waals surface area contributed by atoms with Gasteiger partial charge in [-0.15, -0.1) is 0 Å². The van der Waals surface area contributed by atoms with Gasteiger partial charge in [-0.05, 0) is 45.6 Å². The van der Waals surface area contributed by atoms with E-state index in [-0.39, 0.29) is 13.0 Å². The quantitative estimate of drug-likeness (QED) is 0.0310. The Balaban J connectivity index is 1.51. The maximum atomic E-state index is 14.2. The molecule has 0 saturated carbocycles. The summed E-state index contributed by atoms with van der Waals surface area (Å²) in [6.45, 7) is 1.47. The van der Waals surface area contributed by atoms with Crippen LogP contribution in [0.2, 0.25) is 0 Å². The summed E-state index contributed by atoms with van der Waals surface area (Å²) in [5.41, 5.74) is 3.89. The highest BCUT2D eigenvalue weighted by molar-refractivity contribution is 7.80. The molecule has 1 aromatic rings. The number of aromatic amines is 1. The molecule has 0 bridgehead atoms.